The first kappa shape index (κ1) is 15.5. The van der Waals surface area contributed by atoms with Crippen LogP contribution in [0.5, 0.6) is 0 Å². The number of anilines is 1. The number of methoxy groups -OCH3 is 1. The van der Waals surface area contributed by atoms with Crippen LogP contribution < -0.4 is 10.6 Å². The molecule has 0 aliphatic carbocycles. The number of nitrogens with two attached hydrogens (primary N) is 1. The highest BCUT2D eigenvalue weighted by Crippen LogP contribution is 2.28. The SMILES string of the molecule is COCCC(N)C(=O)N1CCCc2cc(C(=O)O)ccc21. The molecule has 0 spiro atoms. The zero-order chi connectivity index (χ0) is 15.4. The molecule has 1 aliphatic heterocycles. The fourth-order valence-electron chi connectivity index (χ4n) is 2.53. The van der Waals surface area contributed by atoms with E-state index in [1.165, 1.54) is 6.07 Å². The minimum absolute atomic E-state index is 0.143. The van der Waals surface area contributed by atoms with Crippen molar-refractivity contribution in [3.8, 4) is 0 Å². The summed E-state index contributed by atoms with van der Waals surface area (Å²) in [4.78, 5) is 25.1. The smallest absolute Gasteiger partial charge is 0.335 e. The molecule has 0 saturated heterocycles. The Morgan fingerprint density at radius 1 is 1.48 bits per heavy atom. The van der Waals surface area contributed by atoms with Crippen LogP contribution in [-0.4, -0.2) is 43.3 Å². The van der Waals surface area contributed by atoms with E-state index in [-0.39, 0.29) is 11.5 Å². The molecule has 6 heteroatoms. The number of amides is 1. The van der Waals surface area contributed by atoms with E-state index in [1.54, 1.807) is 24.1 Å². The van der Waals surface area contributed by atoms with Gasteiger partial charge in [-0.3, -0.25) is 4.79 Å². The van der Waals surface area contributed by atoms with Crippen molar-refractivity contribution in [3.63, 3.8) is 0 Å². The molecule has 0 fully saturated rings. The number of carboxylic acids is 1. The van der Waals surface area contributed by atoms with Crippen LogP contribution in [0.2, 0.25) is 0 Å². The van der Waals surface area contributed by atoms with Gasteiger partial charge in [0.25, 0.3) is 0 Å². The molecule has 0 bridgehead atoms. The number of aromatic carboxylic acids is 1. The van der Waals surface area contributed by atoms with Crippen LogP contribution >= 0.6 is 0 Å². The highest BCUT2D eigenvalue weighted by atomic mass is 16.5. The number of nitrogens with zero attached hydrogens (tertiary/aromatic N) is 1. The first-order valence-corrected chi connectivity index (χ1v) is 6.96. The Hall–Kier alpha value is -1.92. The van der Waals surface area contributed by atoms with Gasteiger partial charge in [-0.2, -0.15) is 0 Å². The largest absolute Gasteiger partial charge is 0.478 e. The van der Waals surface area contributed by atoms with Crippen LogP contribution in [0.4, 0.5) is 5.69 Å². The summed E-state index contributed by atoms with van der Waals surface area (Å²) in [6.45, 7) is 1.05. The first-order valence-electron chi connectivity index (χ1n) is 6.96. The fraction of sp³-hybridized carbons (Fsp3) is 0.467. The molecule has 1 aromatic carbocycles. The van der Waals surface area contributed by atoms with Crippen molar-refractivity contribution in [3.05, 3.63) is 29.3 Å². The van der Waals surface area contributed by atoms with Gasteiger partial charge in [-0.1, -0.05) is 0 Å². The van der Waals surface area contributed by atoms with Gasteiger partial charge in [-0.15, -0.1) is 0 Å². The zero-order valence-electron chi connectivity index (χ0n) is 12.0. The molecule has 21 heavy (non-hydrogen) atoms. The van der Waals surface area contributed by atoms with Crippen molar-refractivity contribution < 1.29 is 19.4 Å². The minimum atomic E-state index is -0.960. The number of aryl methyl sites for hydroxylation is 1. The number of hydrogen-bond donors (Lipinski definition) is 2. The summed E-state index contributed by atoms with van der Waals surface area (Å²) in [6.07, 6.45) is 2.04. The quantitative estimate of drug-likeness (QED) is 0.845. The summed E-state index contributed by atoms with van der Waals surface area (Å²) in [6, 6.07) is 4.25. The normalized spacial score (nSPS) is 15.4. The number of carbonyl (C=O) groups excluding carboxylic acids is 1. The van der Waals surface area contributed by atoms with Crippen molar-refractivity contribution in [2.75, 3.05) is 25.2 Å². The number of rotatable bonds is 5. The molecule has 114 valence electrons. The van der Waals surface area contributed by atoms with Crippen molar-refractivity contribution >= 4 is 17.6 Å². The van der Waals surface area contributed by atoms with Gasteiger partial charge in [0.2, 0.25) is 5.91 Å². The van der Waals surface area contributed by atoms with E-state index in [0.29, 0.717) is 19.6 Å². The summed E-state index contributed by atoms with van der Waals surface area (Å²) in [5, 5.41) is 9.03. The molecule has 1 atom stereocenters. The molecule has 0 radical (unpaired) electrons. The maximum atomic E-state index is 12.4. The second-order valence-corrected chi connectivity index (χ2v) is 5.13. The van der Waals surface area contributed by atoms with Crippen LogP contribution in [0.15, 0.2) is 18.2 Å². The van der Waals surface area contributed by atoms with E-state index in [0.717, 1.165) is 24.1 Å². The number of benzene rings is 1. The number of carbonyl (C=O) groups is 2. The van der Waals surface area contributed by atoms with Gasteiger partial charge < -0.3 is 20.5 Å². The van der Waals surface area contributed by atoms with E-state index in [9.17, 15) is 9.59 Å². The standard InChI is InChI=1S/C15H20N2O4/c1-21-8-6-12(16)14(18)17-7-2-3-10-9-11(15(19)20)4-5-13(10)17/h4-5,9,12H,2-3,6-8,16H2,1H3,(H,19,20). The molecule has 0 saturated carbocycles. The Morgan fingerprint density at radius 3 is 2.90 bits per heavy atom. The number of ether oxygens (including phenoxy) is 1. The van der Waals surface area contributed by atoms with Crippen molar-refractivity contribution in [1.82, 2.24) is 0 Å². The third-order valence-corrected chi connectivity index (χ3v) is 3.66. The number of fused-ring (bicyclic) bond motifs is 1. The third-order valence-electron chi connectivity index (χ3n) is 3.66. The molecule has 1 aliphatic rings. The van der Waals surface area contributed by atoms with Gasteiger partial charge >= 0.3 is 5.97 Å². The molecule has 1 heterocycles. The van der Waals surface area contributed by atoms with Crippen LogP contribution in [0.25, 0.3) is 0 Å². The highest BCUT2D eigenvalue weighted by Gasteiger charge is 2.27. The monoisotopic (exact) mass is 292 g/mol. The topological polar surface area (TPSA) is 92.9 Å². The Balaban J connectivity index is 2.21. The minimum Gasteiger partial charge on any atom is -0.478 e. The lowest BCUT2D eigenvalue weighted by atomic mass is 9.98. The van der Waals surface area contributed by atoms with E-state index >= 15 is 0 Å². The third kappa shape index (κ3) is 3.40. The fourth-order valence-corrected chi connectivity index (χ4v) is 2.53. The second-order valence-electron chi connectivity index (χ2n) is 5.13. The van der Waals surface area contributed by atoms with Crippen molar-refractivity contribution in [1.29, 1.82) is 0 Å². The van der Waals surface area contributed by atoms with E-state index < -0.39 is 12.0 Å². The molecule has 1 unspecified atom stereocenters. The summed E-state index contributed by atoms with van der Waals surface area (Å²) < 4.78 is 4.95. The van der Waals surface area contributed by atoms with Gasteiger partial charge in [-0.05, 0) is 43.0 Å². The van der Waals surface area contributed by atoms with Crippen LogP contribution in [0.3, 0.4) is 0 Å². The molecule has 0 aromatic heterocycles. The molecular weight excluding hydrogens is 272 g/mol. The van der Waals surface area contributed by atoms with Crippen LogP contribution in [-0.2, 0) is 16.0 Å². The average molecular weight is 292 g/mol. The maximum Gasteiger partial charge on any atom is 0.335 e. The van der Waals surface area contributed by atoms with Crippen molar-refractivity contribution in [2.45, 2.75) is 25.3 Å². The second kappa shape index (κ2) is 6.69. The number of hydrogen-bond acceptors (Lipinski definition) is 4. The summed E-state index contributed by atoms with van der Waals surface area (Å²) in [7, 11) is 1.57. The lowest BCUT2D eigenvalue weighted by Crippen LogP contribution is -2.46. The molecule has 2 rings (SSSR count). The summed E-state index contributed by atoms with van der Waals surface area (Å²) >= 11 is 0. The Labute approximate surface area is 123 Å². The lowest BCUT2D eigenvalue weighted by Gasteiger charge is -2.31. The molecule has 1 amide bonds. The molecule has 1 aromatic rings. The maximum absolute atomic E-state index is 12.4. The van der Waals surface area contributed by atoms with Gasteiger partial charge in [0.05, 0.1) is 11.6 Å². The van der Waals surface area contributed by atoms with Gasteiger partial charge in [0.15, 0.2) is 0 Å². The predicted octanol–water partition coefficient (Wildman–Crippen LogP) is 1.03. The van der Waals surface area contributed by atoms with Crippen molar-refractivity contribution in [2.24, 2.45) is 5.73 Å². The number of carboxylic acid groups (broad SMARTS) is 1. The molecular formula is C15H20N2O4. The summed E-state index contributed by atoms with van der Waals surface area (Å²) in [5.41, 5.74) is 7.80. The Kier molecular flexibility index (Phi) is 4.93. The summed E-state index contributed by atoms with van der Waals surface area (Å²) in [5.74, 6) is -1.10. The average Bonchev–Trinajstić information content (AvgIpc) is 2.50. The van der Waals surface area contributed by atoms with Crippen LogP contribution in [0, 0.1) is 0 Å². The Morgan fingerprint density at radius 2 is 2.24 bits per heavy atom. The zero-order valence-corrected chi connectivity index (χ0v) is 12.0. The van der Waals surface area contributed by atoms with E-state index in [2.05, 4.69) is 0 Å². The van der Waals surface area contributed by atoms with E-state index in [4.69, 9.17) is 15.6 Å². The predicted molar refractivity (Wildman–Crippen MR) is 78.5 cm³/mol. The van der Waals surface area contributed by atoms with Gasteiger partial charge in [0.1, 0.15) is 0 Å². The first-order chi connectivity index (χ1) is 10.0. The van der Waals surface area contributed by atoms with Gasteiger partial charge in [0, 0.05) is 25.9 Å². The van der Waals surface area contributed by atoms with Crippen LogP contribution in [0.1, 0.15) is 28.8 Å². The molecule has 6 nitrogen and oxygen atoms in total. The Bertz CT molecular complexity index is 544. The van der Waals surface area contributed by atoms with Gasteiger partial charge in [-0.25, -0.2) is 4.79 Å². The highest BCUT2D eigenvalue weighted by molar-refractivity contribution is 5.99. The van der Waals surface area contributed by atoms with E-state index in [1.807, 2.05) is 0 Å². The molecule has 3 N–H and O–H groups in total. The lowest BCUT2D eigenvalue weighted by molar-refractivity contribution is -0.120.